The molecule has 0 unspecified atom stereocenters. The van der Waals surface area contributed by atoms with E-state index in [1.54, 1.807) is 0 Å². The van der Waals surface area contributed by atoms with Crippen molar-refractivity contribution < 1.29 is 13.9 Å². The first-order chi connectivity index (χ1) is 21.3. The summed E-state index contributed by atoms with van der Waals surface area (Å²) in [6.45, 7) is 7.64. The normalized spacial score (nSPS) is 12.4. The van der Waals surface area contributed by atoms with Gasteiger partial charge in [0.05, 0.1) is 17.6 Å². The number of furan rings is 1. The smallest absolute Gasteiger partial charge is 0.230 e. The standard InChI is InChI=1S/C38H22N2O3/c1-39-24-14-17-33-30(20-24)27-7-2-4-10-32(27)40(33)25-15-18-34-31(21-25)28-16-13-23(19-37(28)42-22-41-34)26-9-6-12-36-38(26)29-8-3-5-11-35(29)43-36/h2-21H,22H2. The van der Waals surface area contributed by atoms with Crippen molar-refractivity contribution in [1.82, 2.24) is 4.57 Å². The Morgan fingerprint density at radius 1 is 0.581 bits per heavy atom. The van der Waals surface area contributed by atoms with Crippen LogP contribution in [0, 0.1) is 6.57 Å². The van der Waals surface area contributed by atoms with Gasteiger partial charge in [0.15, 0.2) is 5.69 Å². The first kappa shape index (κ1) is 23.7. The summed E-state index contributed by atoms with van der Waals surface area (Å²) in [5, 5.41) is 4.36. The minimum Gasteiger partial charge on any atom is -0.457 e. The van der Waals surface area contributed by atoms with Crippen molar-refractivity contribution in [3.63, 3.8) is 0 Å². The summed E-state index contributed by atoms with van der Waals surface area (Å²) in [7, 11) is 0. The average Bonchev–Trinajstić information content (AvgIpc) is 3.54. The third-order valence-corrected chi connectivity index (χ3v) is 8.42. The molecule has 43 heavy (non-hydrogen) atoms. The molecular formula is C38H22N2O3. The predicted octanol–water partition coefficient (Wildman–Crippen LogP) is 10.3. The van der Waals surface area contributed by atoms with Crippen molar-refractivity contribution in [1.29, 1.82) is 0 Å². The zero-order valence-electron chi connectivity index (χ0n) is 22.9. The zero-order chi connectivity index (χ0) is 28.5. The molecule has 2 aromatic heterocycles. The Hall–Kier alpha value is -5.99. The van der Waals surface area contributed by atoms with Gasteiger partial charge in [-0.3, -0.25) is 0 Å². The van der Waals surface area contributed by atoms with Crippen LogP contribution in [0.1, 0.15) is 0 Å². The number of fused-ring (bicyclic) bond motifs is 9. The van der Waals surface area contributed by atoms with Gasteiger partial charge in [0.2, 0.25) is 6.79 Å². The molecule has 0 bridgehead atoms. The second-order valence-corrected chi connectivity index (χ2v) is 10.7. The lowest BCUT2D eigenvalue weighted by molar-refractivity contribution is 0.125. The van der Waals surface area contributed by atoms with E-state index < -0.39 is 0 Å². The highest BCUT2D eigenvalue weighted by Gasteiger charge is 2.21. The summed E-state index contributed by atoms with van der Waals surface area (Å²) in [4.78, 5) is 3.67. The van der Waals surface area contributed by atoms with Crippen LogP contribution >= 0.6 is 0 Å². The van der Waals surface area contributed by atoms with E-state index in [9.17, 15) is 0 Å². The summed E-state index contributed by atoms with van der Waals surface area (Å²) < 4.78 is 20.7. The molecule has 5 nitrogen and oxygen atoms in total. The molecule has 0 saturated carbocycles. The van der Waals surface area contributed by atoms with E-state index in [2.05, 4.69) is 70.1 Å². The van der Waals surface area contributed by atoms with Crippen molar-refractivity contribution in [3.05, 3.63) is 133 Å². The second-order valence-electron chi connectivity index (χ2n) is 10.7. The number of hydrogen-bond acceptors (Lipinski definition) is 3. The van der Waals surface area contributed by atoms with Gasteiger partial charge >= 0.3 is 0 Å². The topological polar surface area (TPSA) is 40.9 Å². The first-order valence-corrected chi connectivity index (χ1v) is 14.1. The molecule has 0 fully saturated rings. The SMILES string of the molecule is [C-]#[N+]c1ccc2c(c1)c1ccccc1n2-c1ccc2c(c1)-c1ccc(-c3cccc4oc5ccccc5c34)cc1OCO2. The lowest BCUT2D eigenvalue weighted by atomic mass is 9.95. The largest absolute Gasteiger partial charge is 0.457 e. The van der Waals surface area contributed by atoms with Crippen LogP contribution < -0.4 is 9.47 Å². The average molecular weight is 555 g/mol. The fourth-order valence-electron chi connectivity index (χ4n) is 6.51. The molecule has 3 heterocycles. The minimum absolute atomic E-state index is 0.121. The molecule has 0 aliphatic carbocycles. The van der Waals surface area contributed by atoms with Crippen molar-refractivity contribution in [2.24, 2.45) is 0 Å². The lowest BCUT2D eigenvalue weighted by Gasteiger charge is -2.13. The van der Waals surface area contributed by atoms with Crippen LogP contribution in [0.3, 0.4) is 0 Å². The van der Waals surface area contributed by atoms with Crippen LogP contribution in [-0.2, 0) is 0 Å². The number of nitrogens with zero attached hydrogens (tertiary/aromatic N) is 2. The number of aromatic nitrogens is 1. The number of hydrogen-bond donors (Lipinski definition) is 0. The van der Waals surface area contributed by atoms with Crippen LogP contribution in [0.25, 0.3) is 76.5 Å². The molecule has 0 radical (unpaired) electrons. The summed E-state index contributed by atoms with van der Waals surface area (Å²) in [5.74, 6) is 1.54. The van der Waals surface area contributed by atoms with E-state index in [0.29, 0.717) is 5.69 Å². The molecule has 0 saturated heterocycles. The Labute approximate surface area is 246 Å². The molecule has 6 aromatic carbocycles. The third kappa shape index (κ3) is 3.51. The van der Waals surface area contributed by atoms with Gasteiger partial charge in [0.25, 0.3) is 0 Å². The minimum atomic E-state index is 0.121. The summed E-state index contributed by atoms with van der Waals surface area (Å²) in [6.07, 6.45) is 0. The Balaban J connectivity index is 1.23. The zero-order valence-corrected chi connectivity index (χ0v) is 22.9. The quantitative estimate of drug-likeness (QED) is 0.200. The molecule has 1 aliphatic rings. The fourth-order valence-corrected chi connectivity index (χ4v) is 6.51. The van der Waals surface area contributed by atoms with Gasteiger partial charge in [-0.1, -0.05) is 60.7 Å². The fraction of sp³-hybridized carbons (Fsp3) is 0.0263. The summed E-state index contributed by atoms with van der Waals surface area (Å²) in [5.41, 5.74) is 9.60. The number of ether oxygens (including phenoxy) is 2. The maximum Gasteiger partial charge on any atom is 0.230 e. The van der Waals surface area contributed by atoms with Crippen molar-refractivity contribution in [3.8, 4) is 39.4 Å². The lowest BCUT2D eigenvalue weighted by Crippen LogP contribution is -2.03. The maximum absolute atomic E-state index is 7.52. The Kier molecular flexibility index (Phi) is 4.96. The number of rotatable bonds is 2. The molecule has 5 heteroatoms. The second kappa shape index (κ2) is 9.01. The molecule has 1 aliphatic heterocycles. The molecule has 0 amide bonds. The summed E-state index contributed by atoms with van der Waals surface area (Å²) >= 11 is 0. The van der Waals surface area contributed by atoms with Crippen LogP contribution in [-0.4, -0.2) is 11.4 Å². The van der Waals surface area contributed by atoms with E-state index in [4.69, 9.17) is 20.5 Å². The van der Waals surface area contributed by atoms with Crippen LogP contribution in [0.4, 0.5) is 5.69 Å². The van der Waals surface area contributed by atoms with Gasteiger partial charge in [-0.25, -0.2) is 4.85 Å². The molecule has 8 aromatic rings. The molecule has 202 valence electrons. The third-order valence-electron chi connectivity index (χ3n) is 8.42. The highest BCUT2D eigenvalue weighted by atomic mass is 16.7. The Bertz CT molecular complexity index is 2460. The van der Waals surface area contributed by atoms with Crippen LogP contribution in [0.5, 0.6) is 11.5 Å². The maximum atomic E-state index is 7.52. The molecule has 0 N–H and O–H groups in total. The van der Waals surface area contributed by atoms with Gasteiger partial charge in [0.1, 0.15) is 22.7 Å². The first-order valence-electron chi connectivity index (χ1n) is 14.1. The van der Waals surface area contributed by atoms with Crippen LogP contribution in [0.15, 0.2) is 126 Å². The number of benzene rings is 6. The monoisotopic (exact) mass is 554 g/mol. The van der Waals surface area contributed by atoms with Gasteiger partial charge in [0, 0.05) is 33.0 Å². The predicted molar refractivity (Wildman–Crippen MR) is 171 cm³/mol. The Morgan fingerprint density at radius 3 is 2.33 bits per heavy atom. The van der Waals surface area contributed by atoms with E-state index in [-0.39, 0.29) is 6.79 Å². The van der Waals surface area contributed by atoms with Gasteiger partial charge in [-0.05, 0) is 77.2 Å². The Morgan fingerprint density at radius 2 is 1.40 bits per heavy atom. The van der Waals surface area contributed by atoms with E-state index in [0.717, 1.165) is 83.2 Å². The molecule has 9 rings (SSSR count). The van der Waals surface area contributed by atoms with Crippen LogP contribution in [0.2, 0.25) is 0 Å². The van der Waals surface area contributed by atoms with Gasteiger partial charge < -0.3 is 18.5 Å². The van der Waals surface area contributed by atoms with E-state index in [1.165, 1.54) is 0 Å². The van der Waals surface area contributed by atoms with Crippen molar-refractivity contribution in [2.75, 3.05) is 6.79 Å². The van der Waals surface area contributed by atoms with E-state index in [1.807, 2.05) is 60.7 Å². The van der Waals surface area contributed by atoms with Gasteiger partial charge in [-0.15, -0.1) is 0 Å². The molecule has 0 spiro atoms. The van der Waals surface area contributed by atoms with E-state index >= 15 is 0 Å². The molecular weight excluding hydrogens is 532 g/mol. The number of para-hydroxylation sites is 2. The highest BCUT2D eigenvalue weighted by Crippen LogP contribution is 2.45. The van der Waals surface area contributed by atoms with Crippen molar-refractivity contribution in [2.45, 2.75) is 0 Å². The summed E-state index contributed by atoms with van der Waals surface area (Å²) in [6, 6.07) is 41.2. The van der Waals surface area contributed by atoms with Gasteiger partial charge in [-0.2, -0.15) is 0 Å². The van der Waals surface area contributed by atoms with Crippen molar-refractivity contribution >= 4 is 49.4 Å². The molecule has 0 atom stereocenters. The highest BCUT2D eigenvalue weighted by molar-refractivity contribution is 6.13.